The van der Waals surface area contributed by atoms with E-state index in [9.17, 15) is 23.2 Å². The predicted octanol–water partition coefficient (Wildman–Crippen LogP) is 2.07. The summed E-state index contributed by atoms with van der Waals surface area (Å²) < 4.78 is 32.7. The summed E-state index contributed by atoms with van der Waals surface area (Å²) in [6.45, 7) is 0. The normalized spacial score (nSPS) is 11.8. The number of azo groups is 1. The molecule has 0 aliphatic carbocycles. The fourth-order valence-electron chi connectivity index (χ4n) is 3.06. The van der Waals surface area contributed by atoms with E-state index in [4.69, 9.17) is 0 Å². The Labute approximate surface area is 188 Å². The Kier molecular flexibility index (Phi) is 5.92. The number of benzene rings is 4. The summed E-state index contributed by atoms with van der Waals surface area (Å²) in [6, 6.07) is 17.8. The Morgan fingerprint density at radius 1 is 0.759 bits per heavy atom. The molecule has 4 aromatic carbocycles. The van der Waals surface area contributed by atoms with Crippen LogP contribution in [0.1, 0.15) is 0 Å². The molecule has 29 heavy (non-hydrogen) atoms. The predicted molar refractivity (Wildman–Crippen MR) is 105 cm³/mol. The first-order valence-corrected chi connectivity index (χ1v) is 9.65. The maximum atomic E-state index is 11.6. The van der Waals surface area contributed by atoms with Gasteiger partial charge < -0.3 is 10.2 Å². The van der Waals surface area contributed by atoms with Crippen LogP contribution in [0.25, 0.3) is 21.5 Å². The molecule has 0 fully saturated rings. The van der Waals surface area contributed by atoms with E-state index in [-0.39, 0.29) is 52.1 Å². The largest absolute Gasteiger partial charge is 1.00 e. The molecule has 0 aromatic heterocycles. The average molecular weight is 417 g/mol. The molecule has 7 nitrogen and oxygen atoms in total. The first-order valence-electron chi connectivity index (χ1n) is 8.21. The fourth-order valence-corrected chi connectivity index (χ4v) is 3.78. The molecule has 0 heterocycles. The molecule has 0 radical (unpaired) electrons. The van der Waals surface area contributed by atoms with Crippen molar-refractivity contribution in [1.82, 2.24) is 0 Å². The van der Waals surface area contributed by atoms with Gasteiger partial charge in [-0.05, 0) is 11.5 Å². The quantitative estimate of drug-likeness (QED) is 0.268. The topological polar surface area (TPSA) is 120 Å². The number of rotatable bonds is 3. The molecule has 3 N–H and O–H groups in total. The number of hydrogen-bond acceptors (Lipinski definition) is 6. The first kappa shape index (κ1) is 21.2. The van der Waals surface area contributed by atoms with Gasteiger partial charge in [0.2, 0.25) is 0 Å². The van der Waals surface area contributed by atoms with Crippen LogP contribution in [-0.4, -0.2) is 23.2 Å². The zero-order chi connectivity index (χ0) is 19.9. The Balaban J connectivity index is 0.00000240. The van der Waals surface area contributed by atoms with Crippen LogP contribution in [0.5, 0.6) is 11.5 Å². The van der Waals surface area contributed by atoms with Gasteiger partial charge >= 0.3 is 29.6 Å². The van der Waals surface area contributed by atoms with Gasteiger partial charge in [0, 0.05) is 22.2 Å². The molecule has 0 unspecified atom stereocenters. The summed E-state index contributed by atoms with van der Waals surface area (Å²) in [6.07, 6.45) is 0. The van der Waals surface area contributed by atoms with E-state index in [1.165, 1.54) is 6.07 Å². The summed E-state index contributed by atoms with van der Waals surface area (Å²) in [4.78, 5) is -0.423. The zero-order valence-electron chi connectivity index (χ0n) is 15.3. The standard InChI is InChI=1S/C20H14N2O5S.Na/c23-17-11-18(28(25,26)27)14-7-3-4-8-15(14)19(17)22-21-16-10-9-12-5-1-2-6-13(12)20(16)24;/h1-11,23-24H,(H,25,26,27);/q;+1. The summed E-state index contributed by atoms with van der Waals surface area (Å²) in [5.41, 5.74) is 0.219. The van der Waals surface area contributed by atoms with Gasteiger partial charge in [-0.3, -0.25) is 4.55 Å². The van der Waals surface area contributed by atoms with Crippen molar-refractivity contribution in [2.45, 2.75) is 4.90 Å². The molecule has 0 saturated carbocycles. The molecule has 0 aliphatic heterocycles. The van der Waals surface area contributed by atoms with Crippen LogP contribution < -0.4 is 29.6 Å². The van der Waals surface area contributed by atoms with Crippen molar-refractivity contribution >= 4 is 43.0 Å². The summed E-state index contributed by atoms with van der Waals surface area (Å²) in [5.74, 6) is -0.518. The van der Waals surface area contributed by atoms with Crippen molar-refractivity contribution < 1.29 is 52.7 Å². The van der Waals surface area contributed by atoms with E-state index in [1.54, 1.807) is 42.5 Å². The number of hydrogen-bond donors (Lipinski definition) is 3. The Hall–Kier alpha value is -2.49. The van der Waals surface area contributed by atoms with E-state index in [2.05, 4.69) is 10.2 Å². The number of aromatic hydroxyl groups is 2. The van der Waals surface area contributed by atoms with E-state index in [1.807, 2.05) is 12.1 Å². The van der Waals surface area contributed by atoms with Crippen LogP contribution in [0, 0.1) is 0 Å². The Morgan fingerprint density at radius 3 is 2.07 bits per heavy atom. The molecule has 0 atom stereocenters. The van der Waals surface area contributed by atoms with Gasteiger partial charge in [-0.25, -0.2) is 0 Å². The maximum absolute atomic E-state index is 11.6. The molecule has 0 amide bonds. The number of fused-ring (bicyclic) bond motifs is 2. The molecule has 0 bridgehead atoms. The molecule has 9 heteroatoms. The van der Waals surface area contributed by atoms with Crippen LogP contribution in [-0.2, 0) is 10.1 Å². The monoisotopic (exact) mass is 417 g/mol. The Morgan fingerprint density at radius 2 is 1.38 bits per heavy atom. The van der Waals surface area contributed by atoms with Gasteiger partial charge in [0.15, 0.2) is 5.75 Å². The molecule has 0 aliphatic rings. The van der Waals surface area contributed by atoms with Gasteiger partial charge in [0.05, 0.1) is 0 Å². The van der Waals surface area contributed by atoms with Crippen molar-refractivity contribution in [3.05, 3.63) is 66.7 Å². The first-order chi connectivity index (χ1) is 13.4. The van der Waals surface area contributed by atoms with Crippen molar-refractivity contribution in [3.8, 4) is 11.5 Å². The summed E-state index contributed by atoms with van der Waals surface area (Å²) >= 11 is 0. The summed E-state index contributed by atoms with van der Waals surface area (Å²) in [7, 11) is -4.54. The third-order valence-corrected chi connectivity index (χ3v) is 5.27. The second kappa shape index (κ2) is 8.10. The second-order valence-corrected chi connectivity index (χ2v) is 7.51. The molecule has 4 rings (SSSR count). The van der Waals surface area contributed by atoms with Gasteiger partial charge in [0.1, 0.15) is 22.0 Å². The van der Waals surface area contributed by atoms with Crippen LogP contribution in [0.4, 0.5) is 11.4 Å². The molecule has 4 aromatic rings. The van der Waals surface area contributed by atoms with E-state index in [0.29, 0.717) is 10.8 Å². The molecular formula is C20H14N2NaO5S+. The van der Waals surface area contributed by atoms with Crippen molar-refractivity contribution in [1.29, 1.82) is 0 Å². The number of phenolic OH excluding ortho intramolecular Hbond substituents is 2. The van der Waals surface area contributed by atoms with Gasteiger partial charge in [0.25, 0.3) is 10.1 Å². The average Bonchev–Trinajstić information content (AvgIpc) is 2.67. The zero-order valence-corrected chi connectivity index (χ0v) is 18.1. The number of phenols is 2. The van der Waals surface area contributed by atoms with Crippen molar-refractivity contribution in [2.75, 3.05) is 0 Å². The van der Waals surface area contributed by atoms with Crippen LogP contribution in [0.15, 0.2) is 81.9 Å². The summed E-state index contributed by atoms with van der Waals surface area (Å²) in [5, 5.41) is 30.7. The smallest absolute Gasteiger partial charge is 0.506 e. The third-order valence-electron chi connectivity index (χ3n) is 4.37. The van der Waals surface area contributed by atoms with E-state index < -0.39 is 20.8 Å². The minimum absolute atomic E-state index is 0. The van der Waals surface area contributed by atoms with Gasteiger partial charge in [-0.15, -0.1) is 10.2 Å². The third kappa shape index (κ3) is 3.98. The minimum atomic E-state index is -4.54. The SMILES string of the molecule is O=S(=O)(O)c1cc(O)c(N=Nc2ccc3ccccc3c2O)c2ccccc12.[Na+]. The van der Waals surface area contributed by atoms with E-state index >= 15 is 0 Å². The fraction of sp³-hybridized carbons (Fsp3) is 0. The van der Waals surface area contributed by atoms with Crippen molar-refractivity contribution in [2.24, 2.45) is 10.2 Å². The van der Waals surface area contributed by atoms with Gasteiger partial charge in [-0.2, -0.15) is 8.42 Å². The molecule has 0 saturated heterocycles. The Bertz CT molecular complexity index is 1370. The van der Waals surface area contributed by atoms with Crippen LogP contribution in [0.2, 0.25) is 0 Å². The molecule has 140 valence electrons. The van der Waals surface area contributed by atoms with Crippen LogP contribution >= 0.6 is 0 Å². The van der Waals surface area contributed by atoms with Crippen LogP contribution in [0.3, 0.4) is 0 Å². The minimum Gasteiger partial charge on any atom is -0.506 e. The van der Waals surface area contributed by atoms with Crippen molar-refractivity contribution in [3.63, 3.8) is 0 Å². The molecule has 0 spiro atoms. The number of nitrogens with zero attached hydrogens (tertiary/aromatic N) is 2. The maximum Gasteiger partial charge on any atom is 1.00 e. The van der Waals surface area contributed by atoms with E-state index in [0.717, 1.165) is 11.5 Å². The second-order valence-electron chi connectivity index (χ2n) is 6.12. The van der Waals surface area contributed by atoms with Gasteiger partial charge in [-0.1, -0.05) is 54.6 Å². The molecular weight excluding hydrogens is 403 g/mol.